The van der Waals surface area contributed by atoms with Gasteiger partial charge < -0.3 is 5.32 Å². The highest BCUT2D eigenvalue weighted by atomic mass is 32.1. The van der Waals surface area contributed by atoms with Crippen molar-refractivity contribution < 1.29 is 4.79 Å². The number of thiazole rings is 1. The van der Waals surface area contributed by atoms with E-state index in [9.17, 15) is 4.79 Å². The van der Waals surface area contributed by atoms with E-state index < -0.39 is 0 Å². The summed E-state index contributed by atoms with van der Waals surface area (Å²) >= 11 is 1.63. The molecule has 0 aliphatic carbocycles. The second-order valence-electron chi connectivity index (χ2n) is 5.74. The van der Waals surface area contributed by atoms with Gasteiger partial charge in [-0.15, -0.1) is 11.3 Å². The zero-order valence-corrected chi connectivity index (χ0v) is 15.1. The molecule has 124 valence electrons. The van der Waals surface area contributed by atoms with Gasteiger partial charge in [0.25, 0.3) is 5.91 Å². The molecule has 3 rings (SSSR count). The SMILES string of the molecule is CCc1nc(C)sc1CNC(=O)c1ccc2nc(C)c(C)nc2c1. The highest BCUT2D eigenvalue weighted by Gasteiger charge is 2.11. The summed E-state index contributed by atoms with van der Waals surface area (Å²) in [6.07, 6.45) is 0.875. The first kappa shape index (κ1) is 16.5. The smallest absolute Gasteiger partial charge is 0.251 e. The molecule has 2 heterocycles. The van der Waals surface area contributed by atoms with Crippen molar-refractivity contribution >= 4 is 28.3 Å². The molecular formula is C18H20N4OS. The van der Waals surface area contributed by atoms with Gasteiger partial charge in [-0.2, -0.15) is 0 Å². The predicted molar refractivity (Wildman–Crippen MR) is 96.4 cm³/mol. The van der Waals surface area contributed by atoms with Crippen LogP contribution in [-0.2, 0) is 13.0 Å². The molecule has 0 radical (unpaired) electrons. The van der Waals surface area contributed by atoms with Crippen molar-refractivity contribution in [1.29, 1.82) is 0 Å². The second-order valence-corrected chi connectivity index (χ2v) is 7.02. The Morgan fingerprint density at radius 1 is 1.08 bits per heavy atom. The highest BCUT2D eigenvalue weighted by Crippen LogP contribution is 2.19. The molecule has 1 aromatic carbocycles. The van der Waals surface area contributed by atoms with Crippen molar-refractivity contribution in [3.8, 4) is 0 Å². The molecule has 0 aliphatic rings. The molecule has 0 bridgehead atoms. The number of fused-ring (bicyclic) bond motifs is 1. The van der Waals surface area contributed by atoms with Crippen molar-refractivity contribution in [3.05, 3.63) is 50.7 Å². The van der Waals surface area contributed by atoms with Gasteiger partial charge >= 0.3 is 0 Å². The molecule has 0 aliphatic heterocycles. The first-order valence-corrected chi connectivity index (χ1v) is 8.78. The summed E-state index contributed by atoms with van der Waals surface area (Å²) < 4.78 is 0. The zero-order valence-electron chi connectivity index (χ0n) is 14.3. The molecule has 0 atom stereocenters. The minimum atomic E-state index is -0.106. The molecule has 6 heteroatoms. The monoisotopic (exact) mass is 340 g/mol. The molecule has 5 nitrogen and oxygen atoms in total. The van der Waals surface area contributed by atoms with Crippen molar-refractivity contribution in [2.24, 2.45) is 0 Å². The molecule has 1 amide bonds. The van der Waals surface area contributed by atoms with Crippen LogP contribution in [0.25, 0.3) is 11.0 Å². The number of nitrogens with zero attached hydrogens (tertiary/aromatic N) is 3. The Morgan fingerprint density at radius 2 is 1.79 bits per heavy atom. The van der Waals surface area contributed by atoms with Crippen molar-refractivity contribution in [2.45, 2.75) is 40.7 Å². The Kier molecular flexibility index (Phi) is 4.57. The van der Waals surface area contributed by atoms with Crippen LogP contribution < -0.4 is 5.32 Å². The van der Waals surface area contributed by atoms with Crippen molar-refractivity contribution in [2.75, 3.05) is 0 Å². The first-order valence-electron chi connectivity index (χ1n) is 7.96. The van der Waals surface area contributed by atoms with E-state index in [0.29, 0.717) is 12.1 Å². The second kappa shape index (κ2) is 6.65. The fraction of sp³-hybridized carbons (Fsp3) is 0.333. The summed E-state index contributed by atoms with van der Waals surface area (Å²) in [5, 5.41) is 4.01. The molecular weight excluding hydrogens is 320 g/mol. The van der Waals surface area contributed by atoms with Gasteiger partial charge in [-0.1, -0.05) is 6.92 Å². The van der Waals surface area contributed by atoms with Crippen LogP contribution in [0.2, 0.25) is 0 Å². The lowest BCUT2D eigenvalue weighted by molar-refractivity contribution is 0.0951. The number of hydrogen-bond acceptors (Lipinski definition) is 5. The van der Waals surface area contributed by atoms with Crippen LogP contribution >= 0.6 is 11.3 Å². The largest absolute Gasteiger partial charge is 0.347 e. The third-order valence-corrected chi connectivity index (χ3v) is 4.98. The summed E-state index contributed by atoms with van der Waals surface area (Å²) in [6.45, 7) is 8.43. The number of benzene rings is 1. The molecule has 0 saturated heterocycles. The first-order chi connectivity index (χ1) is 11.5. The minimum Gasteiger partial charge on any atom is -0.347 e. The summed E-state index contributed by atoms with van der Waals surface area (Å²) in [4.78, 5) is 27.1. The Bertz CT molecular complexity index is 917. The molecule has 0 saturated carbocycles. The topological polar surface area (TPSA) is 67.8 Å². The fourth-order valence-electron chi connectivity index (χ4n) is 2.56. The number of carbonyl (C=O) groups is 1. The number of aryl methyl sites for hydroxylation is 4. The molecule has 24 heavy (non-hydrogen) atoms. The Balaban J connectivity index is 1.79. The zero-order chi connectivity index (χ0) is 17.3. The van der Waals surface area contributed by atoms with Crippen molar-refractivity contribution in [1.82, 2.24) is 20.3 Å². The van der Waals surface area contributed by atoms with Gasteiger partial charge in [-0.05, 0) is 45.4 Å². The molecule has 2 aromatic heterocycles. The van der Waals surface area contributed by atoms with Gasteiger partial charge in [0.1, 0.15) is 0 Å². The number of hydrogen-bond donors (Lipinski definition) is 1. The number of aromatic nitrogens is 3. The van der Waals surface area contributed by atoms with E-state index in [1.54, 1.807) is 23.5 Å². The Hall–Kier alpha value is -2.34. The quantitative estimate of drug-likeness (QED) is 0.789. The highest BCUT2D eigenvalue weighted by molar-refractivity contribution is 7.11. The van der Waals surface area contributed by atoms with E-state index in [1.165, 1.54) is 0 Å². The standard InChI is InChI=1S/C18H20N4OS/c1-5-14-17(24-12(4)22-14)9-19-18(23)13-6-7-15-16(8-13)21-11(3)10(2)20-15/h6-8H,5,9H2,1-4H3,(H,19,23). The van der Waals surface area contributed by atoms with Crippen LogP contribution in [0.1, 0.15) is 44.2 Å². The lowest BCUT2D eigenvalue weighted by atomic mass is 10.1. The lowest BCUT2D eigenvalue weighted by Gasteiger charge is -2.07. The lowest BCUT2D eigenvalue weighted by Crippen LogP contribution is -2.22. The summed E-state index contributed by atoms with van der Waals surface area (Å²) in [6, 6.07) is 5.43. The maximum atomic E-state index is 12.4. The van der Waals surface area contributed by atoms with Crippen LogP contribution in [0, 0.1) is 20.8 Å². The number of nitrogens with one attached hydrogen (secondary N) is 1. The van der Waals surface area contributed by atoms with Crippen LogP contribution in [-0.4, -0.2) is 20.9 Å². The fourth-order valence-corrected chi connectivity index (χ4v) is 3.53. The van der Waals surface area contributed by atoms with Gasteiger partial charge in [0.15, 0.2) is 0 Å². The number of rotatable bonds is 4. The predicted octanol–water partition coefficient (Wildman–Crippen LogP) is 3.50. The summed E-state index contributed by atoms with van der Waals surface area (Å²) in [7, 11) is 0. The molecule has 0 unspecified atom stereocenters. The molecule has 0 fully saturated rings. The molecule has 3 aromatic rings. The third-order valence-electron chi connectivity index (χ3n) is 3.97. The van der Waals surface area contributed by atoms with E-state index in [0.717, 1.165) is 44.4 Å². The Morgan fingerprint density at radius 3 is 2.50 bits per heavy atom. The van der Waals surface area contributed by atoms with Gasteiger partial charge in [0.2, 0.25) is 0 Å². The average Bonchev–Trinajstić information content (AvgIpc) is 2.93. The van der Waals surface area contributed by atoms with E-state index >= 15 is 0 Å². The maximum absolute atomic E-state index is 12.4. The van der Waals surface area contributed by atoms with E-state index in [2.05, 4.69) is 27.2 Å². The minimum absolute atomic E-state index is 0.106. The van der Waals surface area contributed by atoms with E-state index in [1.807, 2.05) is 26.8 Å². The normalized spacial score (nSPS) is 11.0. The summed E-state index contributed by atoms with van der Waals surface area (Å²) in [5.41, 5.74) is 5.00. The van der Waals surface area contributed by atoms with Crippen LogP contribution in [0.5, 0.6) is 0 Å². The molecule has 0 spiro atoms. The number of amides is 1. The molecule has 1 N–H and O–H groups in total. The van der Waals surface area contributed by atoms with Crippen LogP contribution in [0.15, 0.2) is 18.2 Å². The van der Waals surface area contributed by atoms with Crippen molar-refractivity contribution in [3.63, 3.8) is 0 Å². The van der Waals surface area contributed by atoms with Gasteiger partial charge in [-0.25, -0.2) is 15.0 Å². The van der Waals surface area contributed by atoms with E-state index in [-0.39, 0.29) is 5.91 Å². The average molecular weight is 340 g/mol. The number of carbonyl (C=O) groups excluding carboxylic acids is 1. The van der Waals surface area contributed by atoms with Gasteiger partial charge in [0.05, 0.1) is 39.7 Å². The van der Waals surface area contributed by atoms with Crippen LogP contribution in [0.4, 0.5) is 0 Å². The van der Waals surface area contributed by atoms with E-state index in [4.69, 9.17) is 0 Å². The van der Waals surface area contributed by atoms with Gasteiger partial charge in [-0.3, -0.25) is 4.79 Å². The maximum Gasteiger partial charge on any atom is 0.251 e. The van der Waals surface area contributed by atoms with Gasteiger partial charge in [0, 0.05) is 10.4 Å². The third kappa shape index (κ3) is 3.28. The summed E-state index contributed by atoms with van der Waals surface area (Å²) in [5.74, 6) is -0.106. The Labute approximate surface area is 145 Å². The van der Waals surface area contributed by atoms with Crippen LogP contribution in [0.3, 0.4) is 0 Å².